The van der Waals surface area contributed by atoms with Crippen LogP contribution in [-0.4, -0.2) is 17.3 Å². The van der Waals surface area contributed by atoms with Crippen LogP contribution in [0.15, 0.2) is 54.6 Å². The Morgan fingerprint density at radius 3 is 2.55 bits per heavy atom. The van der Waals surface area contributed by atoms with Crippen LogP contribution in [0.5, 0.6) is 5.75 Å². The Bertz CT molecular complexity index is 719. The third-order valence-electron chi connectivity index (χ3n) is 3.10. The highest BCUT2D eigenvalue weighted by Gasteiger charge is 2.06. The Hall–Kier alpha value is -2.62. The van der Waals surface area contributed by atoms with E-state index in [1.807, 2.05) is 30.3 Å². The van der Waals surface area contributed by atoms with Crippen LogP contribution in [0, 0.1) is 5.82 Å². The van der Waals surface area contributed by atoms with E-state index in [4.69, 9.17) is 4.74 Å². The number of nitrogens with one attached hydrogen (secondary N) is 1. The van der Waals surface area contributed by atoms with Crippen molar-refractivity contribution in [2.45, 2.75) is 0 Å². The second kappa shape index (κ2) is 5.17. The van der Waals surface area contributed by atoms with Crippen molar-refractivity contribution in [2.24, 2.45) is 0 Å². The first-order chi connectivity index (χ1) is 9.76. The third kappa shape index (κ3) is 2.40. The molecule has 0 aliphatic heterocycles. The summed E-state index contributed by atoms with van der Waals surface area (Å²) >= 11 is 0. The van der Waals surface area contributed by atoms with Crippen LogP contribution in [-0.2, 0) is 0 Å². The number of benzene rings is 2. The minimum atomic E-state index is -0.249. The van der Waals surface area contributed by atoms with Gasteiger partial charge in [-0.25, -0.2) is 4.39 Å². The molecule has 0 saturated carbocycles. The van der Waals surface area contributed by atoms with Crippen LogP contribution in [0.25, 0.3) is 22.5 Å². The molecule has 0 radical (unpaired) electrons. The molecule has 0 atom stereocenters. The molecule has 0 fully saturated rings. The van der Waals surface area contributed by atoms with Gasteiger partial charge in [0.15, 0.2) is 0 Å². The Morgan fingerprint density at radius 2 is 1.80 bits per heavy atom. The highest BCUT2D eigenvalue weighted by Crippen LogP contribution is 2.26. The molecule has 20 heavy (non-hydrogen) atoms. The lowest BCUT2D eigenvalue weighted by Gasteiger charge is -2.01. The summed E-state index contributed by atoms with van der Waals surface area (Å²) in [5, 5.41) is 7.25. The predicted molar refractivity (Wildman–Crippen MR) is 76.0 cm³/mol. The van der Waals surface area contributed by atoms with E-state index in [2.05, 4.69) is 10.2 Å². The number of nitrogens with zero attached hydrogens (tertiary/aromatic N) is 1. The van der Waals surface area contributed by atoms with Gasteiger partial charge in [0.2, 0.25) is 0 Å². The zero-order chi connectivity index (χ0) is 13.9. The molecule has 0 saturated heterocycles. The first-order valence-corrected chi connectivity index (χ1v) is 6.22. The van der Waals surface area contributed by atoms with Crippen molar-refractivity contribution in [3.63, 3.8) is 0 Å². The summed E-state index contributed by atoms with van der Waals surface area (Å²) < 4.78 is 18.1. The van der Waals surface area contributed by atoms with Gasteiger partial charge in [-0.1, -0.05) is 12.1 Å². The summed E-state index contributed by atoms with van der Waals surface area (Å²) in [6.45, 7) is 0. The van der Waals surface area contributed by atoms with Gasteiger partial charge in [0.1, 0.15) is 11.6 Å². The summed E-state index contributed by atoms with van der Waals surface area (Å²) in [6.07, 6.45) is 0. The number of aromatic amines is 1. The van der Waals surface area contributed by atoms with Crippen LogP contribution >= 0.6 is 0 Å². The van der Waals surface area contributed by atoms with Gasteiger partial charge < -0.3 is 4.74 Å². The molecule has 0 aliphatic carbocycles. The molecule has 1 aromatic heterocycles. The standard InChI is InChI=1S/C16H13FN2O/c1-20-14-4-2-3-12(9-14)16-10-15(18-19-16)11-5-7-13(17)8-6-11/h2-10H,1H3,(H,18,19). The molecular weight excluding hydrogens is 255 g/mol. The first-order valence-electron chi connectivity index (χ1n) is 6.22. The molecule has 0 unspecified atom stereocenters. The highest BCUT2D eigenvalue weighted by molar-refractivity contribution is 5.68. The second-order valence-corrected chi connectivity index (χ2v) is 4.41. The van der Waals surface area contributed by atoms with Gasteiger partial charge >= 0.3 is 0 Å². The maximum absolute atomic E-state index is 12.9. The van der Waals surface area contributed by atoms with Crippen molar-refractivity contribution >= 4 is 0 Å². The SMILES string of the molecule is COc1cccc(-c2cc(-c3ccc(F)cc3)[nH]n2)c1. The number of rotatable bonds is 3. The van der Waals surface area contributed by atoms with Gasteiger partial charge in [0, 0.05) is 5.56 Å². The number of ether oxygens (including phenoxy) is 1. The molecule has 0 bridgehead atoms. The van der Waals surface area contributed by atoms with Crippen molar-refractivity contribution in [1.82, 2.24) is 10.2 Å². The average molecular weight is 268 g/mol. The van der Waals surface area contributed by atoms with E-state index in [1.54, 1.807) is 19.2 Å². The molecule has 0 amide bonds. The lowest BCUT2D eigenvalue weighted by molar-refractivity contribution is 0.415. The van der Waals surface area contributed by atoms with Gasteiger partial charge in [-0.3, -0.25) is 5.10 Å². The van der Waals surface area contributed by atoms with E-state index >= 15 is 0 Å². The largest absolute Gasteiger partial charge is 0.497 e. The predicted octanol–water partition coefficient (Wildman–Crippen LogP) is 3.89. The van der Waals surface area contributed by atoms with E-state index in [0.717, 1.165) is 28.3 Å². The monoisotopic (exact) mass is 268 g/mol. The van der Waals surface area contributed by atoms with Crippen molar-refractivity contribution in [1.29, 1.82) is 0 Å². The molecule has 4 heteroatoms. The number of halogens is 1. The van der Waals surface area contributed by atoms with Gasteiger partial charge in [-0.05, 0) is 48.0 Å². The summed E-state index contributed by atoms with van der Waals surface area (Å²) in [7, 11) is 1.63. The van der Waals surface area contributed by atoms with Gasteiger partial charge in [-0.2, -0.15) is 5.10 Å². The van der Waals surface area contributed by atoms with Crippen LogP contribution in [0.4, 0.5) is 4.39 Å². The zero-order valence-electron chi connectivity index (χ0n) is 10.9. The molecule has 2 aromatic carbocycles. The molecule has 100 valence electrons. The Balaban J connectivity index is 1.95. The fraction of sp³-hybridized carbons (Fsp3) is 0.0625. The minimum Gasteiger partial charge on any atom is -0.497 e. The molecule has 0 aliphatic rings. The molecule has 3 nitrogen and oxygen atoms in total. The summed E-state index contributed by atoms with van der Waals surface area (Å²) in [5.41, 5.74) is 3.54. The number of hydrogen-bond acceptors (Lipinski definition) is 2. The number of aromatic nitrogens is 2. The average Bonchev–Trinajstić information content (AvgIpc) is 2.98. The number of methoxy groups -OCH3 is 1. The lowest BCUT2D eigenvalue weighted by Crippen LogP contribution is -1.83. The maximum Gasteiger partial charge on any atom is 0.123 e. The quantitative estimate of drug-likeness (QED) is 0.782. The fourth-order valence-electron chi connectivity index (χ4n) is 2.03. The van der Waals surface area contributed by atoms with E-state index in [1.165, 1.54) is 12.1 Å². The number of H-pyrrole nitrogens is 1. The lowest BCUT2D eigenvalue weighted by atomic mass is 10.1. The van der Waals surface area contributed by atoms with Gasteiger partial charge in [-0.15, -0.1) is 0 Å². The van der Waals surface area contributed by atoms with Crippen molar-refractivity contribution < 1.29 is 9.13 Å². The van der Waals surface area contributed by atoms with Gasteiger partial charge in [0.05, 0.1) is 18.5 Å². The summed E-state index contributed by atoms with van der Waals surface area (Å²) in [6, 6.07) is 15.9. The van der Waals surface area contributed by atoms with E-state index in [0.29, 0.717) is 0 Å². The summed E-state index contributed by atoms with van der Waals surface area (Å²) in [5.74, 6) is 0.537. The molecular formula is C16H13FN2O. The van der Waals surface area contributed by atoms with Crippen molar-refractivity contribution in [3.8, 4) is 28.3 Å². The normalized spacial score (nSPS) is 10.5. The second-order valence-electron chi connectivity index (χ2n) is 4.41. The molecule has 3 aromatic rings. The Labute approximate surface area is 116 Å². The van der Waals surface area contributed by atoms with E-state index < -0.39 is 0 Å². The summed E-state index contributed by atoms with van der Waals surface area (Å²) in [4.78, 5) is 0. The minimum absolute atomic E-state index is 0.249. The molecule has 0 spiro atoms. The van der Waals surface area contributed by atoms with Crippen molar-refractivity contribution in [2.75, 3.05) is 7.11 Å². The Morgan fingerprint density at radius 1 is 1.00 bits per heavy atom. The first kappa shape index (κ1) is 12.4. The Kier molecular flexibility index (Phi) is 3.21. The molecule has 1 N–H and O–H groups in total. The zero-order valence-corrected chi connectivity index (χ0v) is 10.9. The molecule has 3 rings (SSSR count). The van der Waals surface area contributed by atoms with Crippen LogP contribution < -0.4 is 4.74 Å². The van der Waals surface area contributed by atoms with E-state index in [-0.39, 0.29) is 5.82 Å². The van der Waals surface area contributed by atoms with Crippen LogP contribution in [0.3, 0.4) is 0 Å². The number of hydrogen-bond donors (Lipinski definition) is 1. The third-order valence-corrected chi connectivity index (χ3v) is 3.10. The van der Waals surface area contributed by atoms with Crippen LogP contribution in [0.2, 0.25) is 0 Å². The topological polar surface area (TPSA) is 37.9 Å². The fourth-order valence-corrected chi connectivity index (χ4v) is 2.03. The van der Waals surface area contributed by atoms with Gasteiger partial charge in [0.25, 0.3) is 0 Å². The smallest absolute Gasteiger partial charge is 0.123 e. The maximum atomic E-state index is 12.9. The molecule has 1 heterocycles. The van der Waals surface area contributed by atoms with E-state index in [9.17, 15) is 4.39 Å². The van der Waals surface area contributed by atoms with Crippen molar-refractivity contribution in [3.05, 3.63) is 60.4 Å². The highest BCUT2D eigenvalue weighted by atomic mass is 19.1. The van der Waals surface area contributed by atoms with Crippen LogP contribution in [0.1, 0.15) is 0 Å².